The fraction of sp³-hybridized carbons (Fsp3) is 0.500. The zero-order chi connectivity index (χ0) is 18.1. The third-order valence-electron chi connectivity index (χ3n) is 2.41. The van der Waals surface area contributed by atoms with Gasteiger partial charge in [-0.3, -0.25) is 9.11 Å². The van der Waals surface area contributed by atoms with Crippen molar-refractivity contribution in [3.63, 3.8) is 0 Å². The Balaban J connectivity index is 0.000000841. The largest absolute Gasteiger partial charge is 0.394 e. The third-order valence-corrected chi connectivity index (χ3v) is 3.14. The van der Waals surface area contributed by atoms with Crippen LogP contribution < -0.4 is 15.4 Å². The maximum Gasteiger partial charge on any atom is 0.394 e. The number of anilines is 2. The predicted octanol–water partition coefficient (Wildman–Crippen LogP) is 0.735. The molecular formula is C12H23N3O6S2. The molecule has 0 fully saturated rings. The van der Waals surface area contributed by atoms with E-state index in [9.17, 15) is 8.42 Å². The molecule has 0 aliphatic carbocycles. The van der Waals surface area contributed by atoms with Crippen LogP contribution in [0.1, 0.15) is 12.5 Å². The van der Waals surface area contributed by atoms with Gasteiger partial charge in [0.05, 0.1) is 6.26 Å². The number of benzene rings is 1. The first-order chi connectivity index (χ1) is 10.4. The number of sulfonamides is 1. The minimum atomic E-state index is -4.67. The quantitative estimate of drug-likeness (QED) is 0.349. The minimum Gasteiger partial charge on any atom is -0.385 e. The smallest absolute Gasteiger partial charge is 0.385 e. The minimum absolute atomic E-state index is 0.382. The van der Waals surface area contributed by atoms with Gasteiger partial charge in [0, 0.05) is 31.0 Å². The highest BCUT2D eigenvalue weighted by atomic mass is 32.3. The Morgan fingerprint density at radius 2 is 1.61 bits per heavy atom. The zero-order valence-electron chi connectivity index (χ0n) is 13.2. The van der Waals surface area contributed by atoms with Gasteiger partial charge in [0.2, 0.25) is 10.0 Å². The monoisotopic (exact) mass is 369 g/mol. The summed E-state index contributed by atoms with van der Waals surface area (Å²) in [7, 11) is -7.77. The van der Waals surface area contributed by atoms with E-state index in [1.165, 1.54) is 0 Å². The first-order valence-corrected chi connectivity index (χ1v) is 9.94. The summed E-state index contributed by atoms with van der Waals surface area (Å²) in [5.74, 6) is 0. The molecule has 0 spiro atoms. The van der Waals surface area contributed by atoms with Gasteiger partial charge in [0.1, 0.15) is 0 Å². The van der Waals surface area contributed by atoms with E-state index >= 15 is 0 Å². The van der Waals surface area contributed by atoms with Crippen LogP contribution in [0.3, 0.4) is 0 Å². The molecule has 0 aliphatic heterocycles. The molecule has 0 amide bonds. The molecule has 5 N–H and O–H groups in total. The van der Waals surface area contributed by atoms with Crippen molar-refractivity contribution < 1.29 is 25.9 Å². The van der Waals surface area contributed by atoms with Gasteiger partial charge in [-0.05, 0) is 37.6 Å². The molecule has 9 nitrogen and oxygen atoms in total. The lowest BCUT2D eigenvalue weighted by molar-refractivity contribution is 0.381. The number of aryl methyl sites for hydroxylation is 1. The summed E-state index contributed by atoms with van der Waals surface area (Å²) in [5, 5.41) is 6.44. The number of hydrogen-bond donors (Lipinski definition) is 5. The zero-order valence-corrected chi connectivity index (χ0v) is 14.8. The first-order valence-electron chi connectivity index (χ1n) is 6.65. The SMILES string of the molecule is CCNc1ccc(NCCNS(C)(=O)=O)cc1C.O=S(=O)(O)O. The van der Waals surface area contributed by atoms with Crippen LogP contribution in [-0.2, 0) is 20.4 Å². The van der Waals surface area contributed by atoms with E-state index in [1.54, 1.807) is 0 Å². The van der Waals surface area contributed by atoms with E-state index in [0.717, 1.165) is 29.7 Å². The summed E-state index contributed by atoms with van der Waals surface area (Å²) in [6, 6.07) is 6.04. The lowest BCUT2D eigenvalue weighted by atomic mass is 10.1. The van der Waals surface area contributed by atoms with Crippen LogP contribution in [0.25, 0.3) is 0 Å². The molecule has 0 radical (unpaired) electrons. The van der Waals surface area contributed by atoms with Crippen molar-refractivity contribution in [2.75, 3.05) is 36.5 Å². The Hall–Kier alpha value is -1.40. The lowest BCUT2D eigenvalue weighted by Crippen LogP contribution is -2.27. The van der Waals surface area contributed by atoms with Gasteiger partial charge < -0.3 is 10.6 Å². The van der Waals surface area contributed by atoms with Gasteiger partial charge in [0.15, 0.2) is 0 Å². The average Bonchev–Trinajstić information content (AvgIpc) is 2.35. The van der Waals surface area contributed by atoms with Crippen LogP contribution in [0, 0.1) is 6.92 Å². The van der Waals surface area contributed by atoms with Crippen molar-refractivity contribution in [2.24, 2.45) is 0 Å². The summed E-state index contributed by atoms with van der Waals surface area (Å²) in [6.45, 7) is 5.94. The molecule has 0 aromatic heterocycles. The fourth-order valence-corrected chi connectivity index (χ4v) is 2.08. The number of nitrogens with one attached hydrogen (secondary N) is 3. The van der Waals surface area contributed by atoms with Crippen LogP contribution in [0.15, 0.2) is 18.2 Å². The summed E-state index contributed by atoms with van der Waals surface area (Å²) >= 11 is 0. The molecule has 11 heteroatoms. The van der Waals surface area contributed by atoms with Crippen LogP contribution in [0.5, 0.6) is 0 Å². The topological polar surface area (TPSA) is 145 Å². The molecule has 0 atom stereocenters. The molecule has 1 rings (SSSR count). The van der Waals surface area contributed by atoms with Gasteiger partial charge in [-0.15, -0.1) is 0 Å². The van der Waals surface area contributed by atoms with Crippen molar-refractivity contribution in [2.45, 2.75) is 13.8 Å². The van der Waals surface area contributed by atoms with E-state index in [-0.39, 0.29) is 0 Å². The second kappa shape index (κ2) is 9.67. The standard InChI is InChI=1S/C12H21N3O2S.H2O4S/c1-4-13-12-6-5-11(9-10(12)2)14-7-8-15-18(3,16)17;1-5(2,3)4/h5-6,9,13-15H,4,7-8H2,1-3H3;(H2,1,2,3,4). The second-order valence-corrected chi connectivity index (χ2v) is 7.33. The van der Waals surface area contributed by atoms with Gasteiger partial charge in [-0.2, -0.15) is 8.42 Å². The van der Waals surface area contributed by atoms with E-state index in [2.05, 4.69) is 22.3 Å². The Labute approximate surface area is 137 Å². The van der Waals surface area contributed by atoms with E-state index in [0.29, 0.717) is 13.1 Å². The fourth-order valence-electron chi connectivity index (χ4n) is 1.61. The maximum absolute atomic E-state index is 10.9. The molecule has 23 heavy (non-hydrogen) atoms. The third kappa shape index (κ3) is 14.0. The first kappa shape index (κ1) is 21.6. The molecule has 1 aromatic carbocycles. The molecule has 0 aliphatic rings. The second-order valence-electron chi connectivity index (χ2n) is 4.60. The lowest BCUT2D eigenvalue weighted by Gasteiger charge is -2.11. The van der Waals surface area contributed by atoms with Crippen LogP contribution in [0.4, 0.5) is 11.4 Å². The van der Waals surface area contributed by atoms with Crippen molar-refractivity contribution >= 4 is 31.8 Å². The molecule has 0 heterocycles. The summed E-state index contributed by atoms with van der Waals surface area (Å²) in [5.41, 5.74) is 3.28. The van der Waals surface area contributed by atoms with Gasteiger partial charge >= 0.3 is 10.4 Å². The highest BCUT2D eigenvalue weighted by molar-refractivity contribution is 7.88. The summed E-state index contributed by atoms with van der Waals surface area (Å²) in [4.78, 5) is 0. The molecule has 0 saturated heterocycles. The molecule has 0 saturated carbocycles. The van der Waals surface area contributed by atoms with Crippen molar-refractivity contribution in [1.29, 1.82) is 0 Å². The highest BCUT2D eigenvalue weighted by Crippen LogP contribution is 2.19. The predicted molar refractivity (Wildman–Crippen MR) is 90.9 cm³/mol. The van der Waals surface area contributed by atoms with Crippen molar-refractivity contribution in [3.8, 4) is 0 Å². The van der Waals surface area contributed by atoms with Crippen molar-refractivity contribution in [3.05, 3.63) is 23.8 Å². The van der Waals surface area contributed by atoms with Gasteiger partial charge in [-0.1, -0.05) is 0 Å². The van der Waals surface area contributed by atoms with Crippen LogP contribution in [-0.4, -0.2) is 51.8 Å². The summed E-state index contributed by atoms with van der Waals surface area (Å²) < 4.78 is 55.8. The van der Waals surface area contributed by atoms with Crippen LogP contribution in [0.2, 0.25) is 0 Å². The number of rotatable bonds is 7. The molecule has 0 unspecified atom stereocenters. The van der Waals surface area contributed by atoms with E-state index in [1.807, 2.05) is 25.1 Å². The number of hydrogen-bond acceptors (Lipinski definition) is 6. The van der Waals surface area contributed by atoms with Crippen LogP contribution >= 0.6 is 0 Å². The summed E-state index contributed by atoms with van der Waals surface area (Å²) in [6.07, 6.45) is 1.16. The average molecular weight is 369 g/mol. The molecular weight excluding hydrogens is 346 g/mol. The molecule has 134 valence electrons. The Morgan fingerprint density at radius 1 is 1.04 bits per heavy atom. The van der Waals surface area contributed by atoms with Gasteiger partial charge in [0.25, 0.3) is 0 Å². The Bertz CT molecular complexity index is 681. The van der Waals surface area contributed by atoms with E-state index < -0.39 is 20.4 Å². The van der Waals surface area contributed by atoms with E-state index in [4.69, 9.17) is 17.5 Å². The van der Waals surface area contributed by atoms with Crippen molar-refractivity contribution in [1.82, 2.24) is 4.72 Å². The van der Waals surface area contributed by atoms with Gasteiger partial charge in [-0.25, -0.2) is 13.1 Å². The normalized spacial score (nSPS) is 11.3. The highest BCUT2D eigenvalue weighted by Gasteiger charge is 2.00. The molecule has 1 aromatic rings. The Kier molecular flexibility index (Phi) is 9.09. The maximum atomic E-state index is 10.9. The Morgan fingerprint density at radius 3 is 2.04 bits per heavy atom. The molecule has 0 bridgehead atoms.